The first kappa shape index (κ1) is 13.9. The molecule has 0 radical (unpaired) electrons. The standard InChI is InChI=1S/C14H14FN5O3/c1-21-9-4-8(23-6-9)5-16-12-11-13(19-14(15)18-12)20(7-17-11)10-2-3-22-10/h4,6-7,10H,2-3,5H2,1H3,(H,16,18,19). The lowest BCUT2D eigenvalue weighted by atomic mass is 10.3. The Balaban J connectivity index is 1.62. The van der Waals surface area contributed by atoms with E-state index in [1.54, 1.807) is 24.1 Å². The molecule has 8 nitrogen and oxygen atoms in total. The van der Waals surface area contributed by atoms with Crippen LogP contribution in [0.2, 0.25) is 0 Å². The van der Waals surface area contributed by atoms with E-state index in [0.717, 1.165) is 6.42 Å². The van der Waals surface area contributed by atoms with Gasteiger partial charge in [-0.3, -0.25) is 4.57 Å². The molecule has 3 aromatic rings. The van der Waals surface area contributed by atoms with E-state index in [1.807, 2.05) is 0 Å². The Morgan fingerprint density at radius 3 is 3.04 bits per heavy atom. The van der Waals surface area contributed by atoms with Gasteiger partial charge in [-0.1, -0.05) is 0 Å². The summed E-state index contributed by atoms with van der Waals surface area (Å²) in [4.78, 5) is 11.9. The molecule has 1 aliphatic heterocycles. The number of fused-ring (bicyclic) bond motifs is 1. The summed E-state index contributed by atoms with van der Waals surface area (Å²) < 4.78 is 31.2. The lowest BCUT2D eigenvalue weighted by Gasteiger charge is -2.27. The number of rotatable bonds is 5. The predicted molar refractivity (Wildman–Crippen MR) is 77.5 cm³/mol. The van der Waals surface area contributed by atoms with Gasteiger partial charge in [0, 0.05) is 12.5 Å². The molecule has 1 fully saturated rings. The van der Waals surface area contributed by atoms with Crippen LogP contribution >= 0.6 is 0 Å². The monoisotopic (exact) mass is 319 g/mol. The molecular formula is C14H14FN5O3. The van der Waals surface area contributed by atoms with Crippen molar-refractivity contribution < 1.29 is 18.3 Å². The van der Waals surface area contributed by atoms with Crippen LogP contribution < -0.4 is 10.1 Å². The lowest BCUT2D eigenvalue weighted by molar-refractivity contribution is -0.0974. The number of nitrogens with zero attached hydrogens (tertiary/aromatic N) is 4. The van der Waals surface area contributed by atoms with E-state index in [1.165, 1.54) is 6.26 Å². The second-order valence-corrected chi connectivity index (χ2v) is 5.09. The zero-order valence-corrected chi connectivity index (χ0v) is 12.3. The molecule has 0 bridgehead atoms. The zero-order valence-electron chi connectivity index (χ0n) is 12.3. The van der Waals surface area contributed by atoms with Gasteiger partial charge >= 0.3 is 6.08 Å². The fraction of sp³-hybridized carbons (Fsp3) is 0.357. The van der Waals surface area contributed by atoms with E-state index in [-0.39, 0.29) is 6.23 Å². The van der Waals surface area contributed by atoms with Crippen LogP contribution in [0.15, 0.2) is 23.1 Å². The Labute approximate surface area is 130 Å². The highest BCUT2D eigenvalue weighted by Gasteiger charge is 2.24. The summed E-state index contributed by atoms with van der Waals surface area (Å²) in [5.41, 5.74) is 0.891. The molecule has 0 saturated carbocycles. The van der Waals surface area contributed by atoms with Crippen LogP contribution in [-0.4, -0.2) is 33.2 Å². The van der Waals surface area contributed by atoms with Gasteiger partial charge in [0.1, 0.15) is 18.3 Å². The molecule has 0 amide bonds. The molecule has 120 valence electrons. The Morgan fingerprint density at radius 1 is 1.48 bits per heavy atom. The molecule has 23 heavy (non-hydrogen) atoms. The molecule has 9 heteroatoms. The van der Waals surface area contributed by atoms with Crippen LogP contribution in [0.4, 0.5) is 10.2 Å². The largest absolute Gasteiger partial charge is 0.493 e. The molecule has 1 N–H and O–H groups in total. The summed E-state index contributed by atoms with van der Waals surface area (Å²) >= 11 is 0. The van der Waals surface area contributed by atoms with Crippen LogP contribution in [0.25, 0.3) is 11.2 Å². The number of halogens is 1. The molecule has 4 heterocycles. The maximum absolute atomic E-state index is 13.7. The fourth-order valence-corrected chi connectivity index (χ4v) is 2.40. The number of aromatic nitrogens is 4. The smallest absolute Gasteiger partial charge is 0.312 e. The van der Waals surface area contributed by atoms with Gasteiger partial charge in [-0.05, 0) is 0 Å². The van der Waals surface area contributed by atoms with Crippen molar-refractivity contribution in [3.63, 3.8) is 0 Å². The van der Waals surface area contributed by atoms with Crippen molar-refractivity contribution in [1.29, 1.82) is 0 Å². The zero-order chi connectivity index (χ0) is 15.8. The Morgan fingerprint density at radius 2 is 2.35 bits per heavy atom. The molecule has 1 atom stereocenters. The van der Waals surface area contributed by atoms with Crippen molar-refractivity contribution in [2.24, 2.45) is 0 Å². The molecule has 0 spiro atoms. The quantitative estimate of drug-likeness (QED) is 0.720. The summed E-state index contributed by atoms with van der Waals surface area (Å²) in [5, 5.41) is 3.01. The van der Waals surface area contributed by atoms with E-state index in [9.17, 15) is 4.39 Å². The molecule has 1 saturated heterocycles. The topological polar surface area (TPSA) is 87.2 Å². The summed E-state index contributed by atoms with van der Waals surface area (Å²) in [7, 11) is 1.56. The van der Waals surface area contributed by atoms with Crippen LogP contribution in [0.1, 0.15) is 18.4 Å². The van der Waals surface area contributed by atoms with Gasteiger partial charge in [0.25, 0.3) is 0 Å². The normalized spacial score (nSPS) is 17.2. The van der Waals surface area contributed by atoms with Crippen LogP contribution in [0.3, 0.4) is 0 Å². The number of anilines is 1. The minimum Gasteiger partial charge on any atom is -0.493 e. The van der Waals surface area contributed by atoms with Gasteiger partial charge in [0.05, 0.1) is 26.6 Å². The lowest BCUT2D eigenvalue weighted by Crippen LogP contribution is -2.24. The SMILES string of the molecule is COc1coc(CNc2nc(F)nc3c2ncn3C2CCO2)c1. The van der Waals surface area contributed by atoms with Gasteiger partial charge in [0.15, 0.2) is 22.7 Å². The van der Waals surface area contributed by atoms with Gasteiger partial charge < -0.3 is 19.2 Å². The van der Waals surface area contributed by atoms with Crippen molar-refractivity contribution >= 4 is 17.0 Å². The van der Waals surface area contributed by atoms with Crippen molar-refractivity contribution in [2.45, 2.75) is 19.2 Å². The first-order valence-electron chi connectivity index (χ1n) is 7.11. The summed E-state index contributed by atoms with van der Waals surface area (Å²) in [6, 6.07) is 1.74. The number of furan rings is 1. The fourth-order valence-electron chi connectivity index (χ4n) is 2.40. The van der Waals surface area contributed by atoms with Crippen molar-refractivity contribution in [1.82, 2.24) is 19.5 Å². The van der Waals surface area contributed by atoms with Crippen LogP contribution in [-0.2, 0) is 11.3 Å². The van der Waals surface area contributed by atoms with Gasteiger partial charge in [0.2, 0.25) is 0 Å². The summed E-state index contributed by atoms with van der Waals surface area (Å²) in [6.45, 7) is 1.01. The molecular weight excluding hydrogens is 305 g/mol. The minimum atomic E-state index is -0.821. The maximum atomic E-state index is 13.7. The number of ether oxygens (including phenoxy) is 2. The molecule has 1 aliphatic rings. The number of imidazole rings is 1. The third-order valence-electron chi connectivity index (χ3n) is 3.67. The Hall–Kier alpha value is -2.68. The van der Waals surface area contributed by atoms with E-state index in [4.69, 9.17) is 13.9 Å². The Kier molecular flexibility index (Phi) is 3.34. The molecule has 1 unspecified atom stereocenters. The highest BCUT2D eigenvalue weighted by Crippen LogP contribution is 2.28. The number of nitrogens with one attached hydrogen (secondary N) is 1. The van der Waals surface area contributed by atoms with Gasteiger partial charge in [-0.2, -0.15) is 14.4 Å². The predicted octanol–water partition coefficient (Wildman–Crippen LogP) is 2.10. The highest BCUT2D eigenvalue weighted by molar-refractivity contribution is 5.82. The van der Waals surface area contributed by atoms with E-state index >= 15 is 0 Å². The first-order valence-corrected chi connectivity index (χ1v) is 7.11. The average molecular weight is 319 g/mol. The maximum Gasteiger partial charge on any atom is 0.312 e. The second kappa shape index (κ2) is 5.51. The second-order valence-electron chi connectivity index (χ2n) is 5.09. The third-order valence-corrected chi connectivity index (χ3v) is 3.67. The van der Waals surface area contributed by atoms with Crippen LogP contribution in [0, 0.1) is 6.08 Å². The van der Waals surface area contributed by atoms with Gasteiger partial charge in [-0.15, -0.1) is 0 Å². The molecule has 4 rings (SSSR count). The first-order chi connectivity index (χ1) is 11.2. The molecule has 3 aromatic heterocycles. The van der Waals surface area contributed by atoms with Crippen molar-refractivity contribution in [3.8, 4) is 5.75 Å². The van der Waals surface area contributed by atoms with E-state index in [2.05, 4.69) is 20.3 Å². The minimum absolute atomic E-state index is 0.142. The van der Waals surface area contributed by atoms with E-state index < -0.39 is 6.08 Å². The molecule has 0 aliphatic carbocycles. The van der Waals surface area contributed by atoms with Crippen LogP contribution in [0.5, 0.6) is 5.75 Å². The molecule has 0 aromatic carbocycles. The van der Waals surface area contributed by atoms with Crippen molar-refractivity contribution in [2.75, 3.05) is 19.0 Å². The summed E-state index contributed by atoms with van der Waals surface area (Å²) in [5.74, 6) is 1.56. The number of methoxy groups -OCH3 is 1. The summed E-state index contributed by atoms with van der Waals surface area (Å²) in [6.07, 6.45) is 2.97. The number of hydrogen-bond donors (Lipinski definition) is 1. The number of hydrogen-bond acceptors (Lipinski definition) is 7. The third kappa shape index (κ3) is 2.48. The highest BCUT2D eigenvalue weighted by atomic mass is 19.1. The average Bonchev–Trinajstić information content (AvgIpc) is 3.11. The van der Waals surface area contributed by atoms with Crippen molar-refractivity contribution in [3.05, 3.63) is 30.5 Å². The van der Waals surface area contributed by atoms with E-state index in [0.29, 0.717) is 41.6 Å². The Bertz CT molecular complexity index is 842. The van der Waals surface area contributed by atoms with Gasteiger partial charge in [-0.25, -0.2) is 4.98 Å².